The predicted molar refractivity (Wildman–Crippen MR) is 68.3 cm³/mol. The lowest BCUT2D eigenvalue weighted by molar-refractivity contribution is 0.0953. The average molecular weight is 244 g/mol. The second kappa shape index (κ2) is 5.44. The van der Waals surface area contributed by atoms with Gasteiger partial charge in [0.1, 0.15) is 0 Å². The van der Waals surface area contributed by atoms with Gasteiger partial charge in [0.05, 0.1) is 17.0 Å². The largest absolute Gasteiger partial charge is 0.365 e. The zero-order valence-corrected chi connectivity index (χ0v) is 10.5. The highest BCUT2D eigenvalue weighted by atomic mass is 16.1. The number of aromatic nitrogens is 3. The number of nitrogens with zero attached hydrogens (tertiary/aromatic N) is 2. The van der Waals surface area contributed by atoms with E-state index in [1.165, 1.54) is 0 Å². The third-order valence-corrected chi connectivity index (χ3v) is 2.70. The summed E-state index contributed by atoms with van der Waals surface area (Å²) in [7, 11) is 0. The molecule has 0 aliphatic rings. The van der Waals surface area contributed by atoms with E-state index in [0.29, 0.717) is 18.5 Å². The summed E-state index contributed by atoms with van der Waals surface area (Å²) in [5.41, 5.74) is 3.34. The fraction of sp³-hybridized carbons (Fsp3) is 0.308. The van der Waals surface area contributed by atoms with E-state index in [1.54, 1.807) is 24.7 Å². The molecule has 5 nitrogen and oxygen atoms in total. The Morgan fingerprint density at radius 1 is 1.33 bits per heavy atom. The maximum absolute atomic E-state index is 11.8. The summed E-state index contributed by atoms with van der Waals surface area (Å²) in [6.45, 7) is 4.33. The van der Waals surface area contributed by atoms with Crippen LogP contribution in [-0.2, 0) is 6.42 Å². The van der Waals surface area contributed by atoms with Gasteiger partial charge in [0.15, 0.2) is 0 Å². The van der Waals surface area contributed by atoms with Gasteiger partial charge in [-0.2, -0.15) is 0 Å². The Balaban J connectivity index is 1.84. The lowest BCUT2D eigenvalue weighted by Gasteiger charge is -2.04. The van der Waals surface area contributed by atoms with Gasteiger partial charge in [-0.15, -0.1) is 0 Å². The van der Waals surface area contributed by atoms with E-state index in [0.717, 1.165) is 17.1 Å². The van der Waals surface area contributed by atoms with Gasteiger partial charge in [-0.1, -0.05) is 0 Å². The van der Waals surface area contributed by atoms with Gasteiger partial charge in [0.25, 0.3) is 5.91 Å². The van der Waals surface area contributed by atoms with Gasteiger partial charge in [0.2, 0.25) is 0 Å². The maximum atomic E-state index is 11.8. The lowest BCUT2D eigenvalue weighted by Crippen LogP contribution is -2.26. The van der Waals surface area contributed by atoms with E-state index in [9.17, 15) is 4.79 Å². The molecule has 2 rings (SSSR count). The Morgan fingerprint density at radius 2 is 2.17 bits per heavy atom. The van der Waals surface area contributed by atoms with Crippen LogP contribution in [-0.4, -0.2) is 27.4 Å². The normalized spacial score (nSPS) is 10.3. The number of carbonyl (C=O) groups is 1. The topological polar surface area (TPSA) is 70.7 Å². The molecule has 2 aromatic heterocycles. The van der Waals surface area contributed by atoms with Crippen LogP contribution in [0.15, 0.2) is 24.7 Å². The van der Waals surface area contributed by atoms with E-state index in [4.69, 9.17) is 0 Å². The summed E-state index contributed by atoms with van der Waals surface area (Å²) >= 11 is 0. The molecular weight excluding hydrogens is 228 g/mol. The van der Waals surface area contributed by atoms with E-state index < -0.39 is 0 Å². The van der Waals surface area contributed by atoms with Crippen molar-refractivity contribution < 1.29 is 4.79 Å². The molecule has 5 heteroatoms. The van der Waals surface area contributed by atoms with Gasteiger partial charge in [0, 0.05) is 37.3 Å². The number of amides is 1. The van der Waals surface area contributed by atoms with E-state index in [1.807, 2.05) is 13.8 Å². The first-order valence-corrected chi connectivity index (χ1v) is 5.86. The molecule has 0 aromatic carbocycles. The van der Waals surface area contributed by atoms with Crippen LogP contribution in [0.2, 0.25) is 0 Å². The minimum absolute atomic E-state index is 0.0613. The minimum Gasteiger partial charge on any atom is -0.365 e. The lowest BCUT2D eigenvalue weighted by atomic mass is 10.2. The monoisotopic (exact) mass is 244 g/mol. The highest BCUT2D eigenvalue weighted by Gasteiger charge is 2.08. The van der Waals surface area contributed by atoms with Crippen LogP contribution < -0.4 is 5.32 Å². The summed E-state index contributed by atoms with van der Waals surface area (Å²) in [6, 6.07) is 1.77. The van der Waals surface area contributed by atoms with Crippen LogP contribution >= 0.6 is 0 Å². The van der Waals surface area contributed by atoms with Crippen molar-refractivity contribution >= 4 is 5.91 Å². The van der Waals surface area contributed by atoms with E-state index >= 15 is 0 Å². The standard InChI is InChI=1S/C13H16N4O/c1-9-7-17-11(8-16-9)3-5-15-13(18)12-4-6-14-10(12)2/h4,6-8,14H,3,5H2,1-2H3,(H,15,18). The SMILES string of the molecule is Cc1cnc(CCNC(=O)c2cc[nH]c2C)cn1. The molecule has 0 aliphatic heterocycles. The van der Waals surface area contributed by atoms with Crippen molar-refractivity contribution in [2.24, 2.45) is 0 Å². The first-order valence-electron chi connectivity index (χ1n) is 5.86. The van der Waals surface area contributed by atoms with Crippen molar-refractivity contribution in [1.29, 1.82) is 0 Å². The van der Waals surface area contributed by atoms with Crippen molar-refractivity contribution in [1.82, 2.24) is 20.3 Å². The quantitative estimate of drug-likeness (QED) is 0.854. The first-order chi connectivity index (χ1) is 8.66. The third-order valence-electron chi connectivity index (χ3n) is 2.70. The number of aromatic amines is 1. The number of nitrogens with one attached hydrogen (secondary N) is 2. The smallest absolute Gasteiger partial charge is 0.253 e. The van der Waals surface area contributed by atoms with E-state index in [-0.39, 0.29) is 5.91 Å². The molecule has 0 bridgehead atoms. The second-order valence-electron chi connectivity index (χ2n) is 4.17. The Labute approximate surface area is 106 Å². The van der Waals surface area contributed by atoms with E-state index in [2.05, 4.69) is 20.3 Å². The Hall–Kier alpha value is -2.17. The van der Waals surface area contributed by atoms with Gasteiger partial charge in [-0.05, 0) is 19.9 Å². The van der Waals surface area contributed by atoms with Crippen molar-refractivity contribution in [3.05, 3.63) is 47.3 Å². The molecule has 0 atom stereocenters. The van der Waals surface area contributed by atoms with Crippen molar-refractivity contribution in [3.63, 3.8) is 0 Å². The predicted octanol–water partition coefficient (Wildman–Crippen LogP) is 1.39. The van der Waals surface area contributed by atoms with Crippen LogP contribution in [0.3, 0.4) is 0 Å². The maximum Gasteiger partial charge on any atom is 0.253 e. The van der Waals surface area contributed by atoms with Gasteiger partial charge in [-0.3, -0.25) is 14.8 Å². The molecule has 0 aliphatic carbocycles. The van der Waals surface area contributed by atoms with Crippen LogP contribution in [0.4, 0.5) is 0 Å². The molecule has 2 aromatic rings. The summed E-state index contributed by atoms with van der Waals surface area (Å²) in [4.78, 5) is 23.2. The van der Waals surface area contributed by atoms with Gasteiger partial charge >= 0.3 is 0 Å². The zero-order chi connectivity index (χ0) is 13.0. The van der Waals surface area contributed by atoms with Crippen LogP contribution in [0, 0.1) is 13.8 Å². The molecule has 0 unspecified atom stereocenters. The Bertz CT molecular complexity index is 530. The molecule has 18 heavy (non-hydrogen) atoms. The summed E-state index contributed by atoms with van der Waals surface area (Å²) in [6.07, 6.45) is 5.91. The summed E-state index contributed by atoms with van der Waals surface area (Å²) in [5, 5.41) is 2.86. The summed E-state index contributed by atoms with van der Waals surface area (Å²) in [5.74, 6) is -0.0613. The molecule has 0 saturated carbocycles. The Morgan fingerprint density at radius 3 is 2.78 bits per heavy atom. The Kier molecular flexibility index (Phi) is 3.72. The molecule has 2 heterocycles. The number of rotatable bonds is 4. The number of carbonyl (C=O) groups excluding carboxylic acids is 1. The fourth-order valence-corrected chi connectivity index (χ4v) is 1.65. The minimum atomic E-state index is -0.0613. The number of aryl methyl sites for hydroxylation is 2. The van der Waals surface area contributed by atoms with Crippen LogP contribution in [0.1, 0.15) is 27.4 Å². The van der Waals surface area contributed by atoms with Gasteiger partial charge in [-0.25, -0.2) is 0 Å². The van der Waals surface area contributed by atoms with Crippen LogP contribution in [0.5, 0.6) is 0 Å². The highest BCUT2D eigenvalue weighted by molar-refractivity contribution is 5.95. The number of hydrogen-bond acceptors (Lipinski definition) is 3. The van der Waals surface area contributed by atoms with Crippen LogP contribution in [0.25, 0.3) is 0 Å². The zero-order valence-electron chi connectivity index (χ0n) is 10.5. The second-order valence-corrected chi connectivity index (χ2v) is 4.17. The number of H-pyrrole nitrogens is 1. The molecule has 1 amide bonds. The fourth-order valence-electron chi connectivity index (χ4n) is 1.65. The molecule has 0 spiro atoms. The molecule has 94 valence electrons. The average Bonchev–Trinajstić information content (AvgIpc) is 2.78. The molecule has 0 saturated heterocycles. The first kappa shape index (κ1) is 12.3. The van der Waals surface area contributed by atoms with Crippen molar-refractivity contribution in [2.75, 3.05) is 6.54 Å². The molecular formula is C13H16N4O. The molecule has 0 fully saturated rings. The van der Waals surface area contributed by atoms with Crippen molar-refractivity contribution in [3.8, 4) is 0 Å². The van der Waals surface area contributed by atoms with Crippen molar-refractivity contribution in [2.45, 2.75) is 20.3 Å². The van der Waals surface area contributed by atoms with Gasteiger partial charge < -0.3 is 10.3 Å². The summed E-state index contributed by atoms with van der Waals surface area (Å²) < 4.78 is 0. The number of hydrogen-bond donors (Lipinski definition) is 2. The third kappa shape index (κ3) is 2.94. The molecule has 2 N–H and O–H groups in total. The molecule has 0 radical (unpaired) electrons. The highest BCUT2D eigenvalue weighted by Crippen LogP contribution is 2.04.